The summed E-state index contributed by atoms with van der Waals surface area (Å²) >= 11 is 1.75. The van der Waals surface area contributed by atoms with Gasteiger partial charge in [0.2, 0.25) is 0 Å². The van der Waals surface area contributed by atoms with Gasteiger partial charge in [-0.2, -0.15) is 0 Å². The molecule has 0 saturated heterocycles. The molecule has 3 nitrogen and oxygen atoms in total. The smallest absolute Gasteiger partial charge is 0.316 e. The number of rotatable bonds is 2. The summed E-state index contributed by atoms with van der Waals surface area (Å²) in [7, 11) is 0. The van der Waals surface area contributed by atoms with Crippen LogP contribution in [0.15, 0.2) is 72.5 Å². The van der Waals surface area contributed by atoms with Crippen LogP contribution in [0.25, 0.3) is 42.3 Å². The fourth-order valence-corrected chi connectivity index (χ4v) is 4.60. The van der Waals surface area contributed by atoms with Crippen LogP contribution in [0.1, 0.15) is 19.4 Å². The van der Waals surface area contributed by atoms with Crippen molar-refractivity contribution >= 4 is 48.9 Å². The summed E-state index contributed by atoms with van der Waals surface area (Å²) in [4.78, 5) is 14.5. The van der Waals surface area contributed by atoms with Crippen molar-refractivity contribution in [3.8, 4) is 10.6 Å². The van der Waals surface area contributed by atoms with Gasteiger partial charge < -0.3 is 10.1 Å². The van der Waals surface area contributed by atoms with Crippen molar-refractivity contribution in [2.75, 3.05) is 0 Å². The Labute approximate surface area is 236 Å². The molecular weight excluding hydrogens is 683 g/mol. The van der Waals surface area contributed by atoms with Crippen molar-refractivity contribution in [3.63, 3.8) is 0 Å². The number of aliphatic hydroxyl groups excluding tert-OH is 1. The Morgan fingerprint density at radius 2 is 1.82 bits per heavy atom. The number of carbonyl (C=O) groups excluding carboxylic acids is 1. The van der Waals surface area contributed by atoms with Gasteiger partial charge in [-0.1, -0.05) is 35.2 Å². The molecule has 2 radical (unpaired) electrons. The van der Waals surface area contributed by atoms with Gasteiger partial charge in [-0.3, -0.25) is 4.79 Å². The van der Waals surface area contributed by atoms with E-state index in [0.29, 0.717) is 0 Å². The molecule has 0 aliphatic heterocycles. The number of thiophene rings is 1. The van der Waals surface area contributed by atoms with Crippen molar-refractivity contribution in [1.29, 1.82) is 0 Å². The fourth-order valence-electron chi connectivity index (χ4n) is 3.59. The Balaban J connectivity index is 0.000000379. The first-order chi connectivity index (χ1) is 14.9. The van der Waals surface area contributed by atoms with Crippen molar-refractivity contribution in [2.24, 2.45) is 0 Å². The van der Waals surface area contributed by atoms with Crippen LogP contribution in [0.3, 0.4) is 0 Å². The van der Waals surface area contributed by atoms with E-state index in [1.54, 1.807) is 11.3 Å². The molecule has 0 aliphatic rings. The first-order valence-corrected chi connectivity index (χ1v) is 10.8. The minimum absolute atomic E-state index is 0. The van der Waals surface area contributed by atoms with Gasteiger partial charge in [0, 0.05) is 58.3 Å². The fraction of sp³-hybridized carbons (Fsp3) is 0.111. The van der Waals surface area contributed by atoms with Crippen LogP contribution in [0.2, 0.25) is 0 Å². The Kier molecular flexibility index (Phi) is 10.1. The monoisotopic (exact) mass is 706 g/mol. The third-order valence-electron chi connectivity index (χ3n) is 4.82. The van der Waals surface area contributed by atoms with Crippen LogP contribution >= 0.6 is 11.3 Å². The molecule has 166 valence electrons. The molecule has 2 aromatic heterocycles. The topological polar surface area (TPSA) is 54.5 Å². The van der Waals surface area contributed by atoms with E-state index in [4.69, 9.17) is 14.9 Å². The zero-order chi connectivity index (χ0) is 22.0. The second-order valence-corrected chi connectivity index (χ2v) is 8.42. The Bertz CT molecular complexity index is 1420. The van der Waals surface area contributed by atoms with Gasteiger partial charge in [0.15, 0.2) is 0 Å². The quantitative estimate of drug-likeness (QED) is 0.0696. The van der Waals surface area contributed by atoms with Crippen LogP contribution in [0.5, 0.6) is 0 Å². The summed E-state index contributed by atoms with van der Waals surface area (Å²) in [5, 5.41) is 13.0. The first kappa shape index (κ1) is 27.5. The predicted molar refractivity (Wildman–Crippen MR) is 131 cm³/mol. The van der Waals surface area contributed by atoms with Crippen molar-refractivity contribution < 1.29 is 62.7 Å². The molecule has 6 heteroatoms. The second-order valence-electron chi connectivity index (χ2n) is 7.37. The van der Waals surface area contributed by atoms with E-state index < -0.39 is 0 Å². The Morgan fingerprint density at radius 1 is 1.06 bits per heavy atom. The predicted octanol–water partition coefficient (Wildman–Crippen LogP) is 7.19. The number of hydrogen-bond acceptors (Lipinski definition) is 3. The number of pyridine rings is 1. The summed E-state index contributed by atoms with van der Waals surface area (Å²) in [6.45, 7) is 5.13. The van der Waals surface area contributed by atoms with E-state index in [1.165, 1.54) is 35.6 Å². The number of aliphatic hydroxyl groups is 1. The molecule has 0 unspecified atom stereocenters. The summed E-state index contributed by atoms with van der Waals surface area (Å²) in [5.41, 5.74) is 3.26. The van der Waals surface area contributed by atoms with E-state index in [0.717, 1.165) is 32.2 Å². The van der Waals surface area contributed by atoms with Crippen molar-refractivity contribution in [1.82, 2.24) is 4.98 Å². The molecule has 0 amide bonds. The number of benzene rings is 3. The number of hydrogen-bond donors (Lipinski definition) is 1. The average molecular weight is 706 g/mol. The molecule has 3 aromatic carbocycles. The van der Waals surface area contributed by atoms with E-state index in [-0.39, 0.29) is 64.4 Å². The maximum Gasteiger partial charge on any atom is 0.316 e. The minimum atomic E-state index is 0. The van der Waals surface area contributed by atoms with Gasteiger partial charge in [0.25, 0.3) is 0 Å². The molecule has 5 rings (SSSR count). The molecule has 0 atom stereocenters. The number of aromatic nitrogens is 1. The third-order valence-corrected chi connectivity index (χ3v) is 5.90. The number of fused-ring (bicyclic) bond motifs is 4. The van der Waals surface area contributed by atoms with Gasteiger partial charge in [0.1, 0.15) is 0 Å². The molecule has 0 aliphatic carbocycles. The van der Waals surface area contributed by atoms with Crippen molar-refractivity contribution in [3.05, 3.63) is 90.2 Å². The number of ketones is 1. The van der Waals surface area contributed by atoms with Crippen LogP contribution in [-0.4, -0.2) is 20.7 Å². The van der Waals surface area contributed by atoms with Gasteiger partial charge >= 0.3 is 5.78 Å². The molecule has 2 N–H and O–H groups in total. The number of nitrogens with zero attached hydrogens (tertiary/aromatic N) is 1. The Morgan fingerprint density at radius 3 is 2.48 bits per heavy atom. The zero-order valence-electron chi connectivity index (χ0n) is 18.5. The Hall–Kier alpha value is -1.75. The average Bonchev–Trinajstić information content (AvgIpc) is 3.17. The number of allylic oxidation sites excluding steroid dienone is 2. The van der Waals surface area contributed by atoms with Crippen LogP contribution in [-0.2, 0) is 52.8 Å². The summed E-state index contributed by atoms with van der Waals surface area (Å²) in [6.07, 6.45) is 1.28. The second kappa shape index (κ2) is 12.1. The van der Waals surface area contributed by atoms with Crippen LogP contribution in [0.4, 0.5) is 0 Å². The zero-order valence-corrected chi connectivity index (χ0v) is 24.6. The van der Waals surface area contributed by atoms with Gasteiger partial charge in [-0.05, 0) is 35.2 Å². The van der Waals surface area contributed by atoms with Gasteiger partial charge in [-0.25, -0.2) is 11.3 Å². The van der Waals surface area contributed by atoms with E-state index in [1.807, 2.05) is 12.1 Å². The molecule has 33 heavy (non-hydrogen) atoms. The summed E-state index contributed by atoms with van der Waals surface area (Å²) < 4.78 is 1.24. The van der Waals surface area contributed by atoms with E-state index in [9.17, 15) is 0 Å². The maximum absolute atomic E-state index is 8.40. The number of aryl methyl sites for hydroxylation is 1. The largest absolute Gasteiger partial charge is 0.512 e. The summed E-state index contributed by atoms with van der Waals surface area (Å²) in [5.74, 6) is 0.250. The molecule has 0 fully saturated rings. The standard InChI is InChI=1S/C22H13NS.C5H8O2.Ir.Y/c1-14-7-6-11-18-21(14)16-9-3-4-10-17(16)22(23-18)20-13-15-8-2-5-12-19(15)24-20;1-4(6)3-5(2)7;;/h2-8,10-12H,1H3;3,6H,1-2H3;;/q-2;;;/p+1/b;4-3-;;. The van der Waals surface area contributed by atoms with Gasteiger partial charge in [0.05, 0.1) is 18.8 Å². The molecule has 0 spiro atoms. The minimum Gasteiger partial charge on any atom is -0.512 e. The van der Waals surface area contributed by atoms with E-state index in [2.05, 4.69) is 67.6 Å². The first-order valence-electron chi connectivity index (χ1n) is 9.95. The molecule has 0 bridgehead atoms. The molecule has 0 saturated carbocycles. The summed E-state index contributed by atoms with van der Waals surface area (Å²) in [6, 6.07) is 27.8. The van der Waals surface area contributed by atoms with Crippen LogP contribution < -0.4 is 0 Å². The van der Waals surface area contributed by atoms with Crippen LogP contribution in [0, 0.1) is 19.1 Å². The molecule has 5 aromatic rings. The van der Waals surface area contributed by atoms with Crippen molar-refractivity contribution in [2.45, 2.75) is 20.8 Å². The normalized spacial score (nSPS) is 10.8. The maximum atomic E-state index is 8.40. The third kappa shape index (κ3) is 6.23. The van der Waals surface area contributed by atoms with Gasteiger partial charge in [-0.15, -0.1) is 58.6 Å². The molecular formula is C27H22IrNO2SY-. The van der Waals surface area contributed by atoms with E-state index >= 15 is 0 Å². The SMILES string of the molecule is CC(=[OH+])/C=C(/C)O.Cc1cccc2nc(-c3[c-]c4ccccc4s3)c3ccc[c-]c3c12.[Ir].[Y]. The molecule has 2 heterocycles.